The molecule has 2 aromatic rings. The number of aliphatic hydroxyl groups is 1. The molecular weight excluding hydrogens is 495 g/mol. The quantitative estimate of drug-likeness (QED) is 0.523. The van der Waals surface area contributed by atoms with Crippen molar-refractivity contribution < 1.29 is 45.4 Å². The predicted molar refractivity (Wildman–Crippen MR) is 114 cm³/mol. The fourth-order valence-corrected chi connectivity index (χ4v) is 4.62. The lowest BCUT2D eigenvalue weighted by molar-refractivity contribution is -0.143. The molecule has 1 unspecified atom stereocenters. The van der Waals surface area contributed by atoms with E-state index in [9.17, 15) is 40.6 Å². The maximum absolute atomic E-state index is 13.5. The molecule has 4 atom stereocenters. The average Bonchev–Trinajstić information content (AvgIpc) is 3.34. The van der Waals surface area contributed by atoms with Crippen LogP contribution in [0, 0.1) is 5.82 Å². The lowest BCUT2D eigenvalue weighted by atomic mass is 9.95. The first-order valence-electron chi connectivity index (χ1n) is 11.1. The summed E-state index contributed by atoms with van der Waals surface area (Å²) in [5, 5.41) is 10.2. The van der Waals surface area contributed by atoms with Gasteiger partial charge in [0.1, 0.15) is 11.9 Å². The van der Waals surface area contributed by atoms with Crippen LogP contribution < -0.4 is 0 Å². The summed E-state index contributed by atoms with van der Waals surface area (Å²) in [5.41, 5.74) is -2.18. The number of halogens is 7. The molecule has 1 heterocycles. The summed E-state index contributed by atoms with van der Waals surface area (Å²) in [5.74, 6) is -1.20. The van der Waals surface area contributed by atoms with Gasteiger partial charge in [-0.3, -0.25) is 4.79 Å². The highest BCUT2D eigenvalue weighted by Gasteiger charge is 2.41. The van der Waals surface area contributed by atoms with Crippen molar-refractivity contribution in [1.82, 2.24) is 4.90 Å². The molecule has 1 saturated heterocycles. The van der Waals surface area contributed by atoms with E-state index in [1.54, 1.807) is 4.90 Å². The van der Waals surface area contributed by atoms with Crippen molar-refractivity contribution in [2.24, 2.45) is 0 Å². The van der Waals surface area contributed by atoms with Crippen molar-refractivity contribution in [3.63, 3.8) is 0 Å². The van der Waals surface area contributed by atoms with Gasteiger partial charge in [-0.15, -0.1) is 0 Å². The van der Waals surface area contributed by atoms with Gasteiger partial charge in [0.2, 0.25) is 0 Å². The number of carbonyl (C=O) groups is 1. The second-order valence-corrected chi connectivity index (χ2v) is 8.97. The van der Waals surface area contributed by atoms with E-state index in [1.807, 2.05) is 0 Å². The highest BCUT2D eigenvalue weighted by atomic mass is 19.4. The number of benzene rings is 2. The smallest absolute Gasteiger partial charge is 0.386 e. The molecule has 194 valence electrons. The first-order valence-corrected chi connectivity index (χ1v) is 11.1. The molecule has 0 bridgehead atoms. The van der Waals surface area contributed by atoms with Crippen molar-refractivity contribution in [3.05, 3.63) is 82.3 Å². The number of rotatable bonds is 5. The Hall–Kier alpha value is -2.92. The Bertz CT molecular complexity index is 1130. The Morgan fingerprint density at radius 2 is 1.56 bits per heavy atom. The number of ketones is 1. The van der Waals surface area contributed by atoms with Gasteiger partial charge in [-0.1, -0.05) is 12.1 Å². The summed E-state index contributed by atoms with van der Waals surface area (Å²) in [6.07, 6.45) is -11.7. The van der Waals surface area contributed by atoms with Crippen molar-refractivity contribution in [3.8, 4) is 0 Å². The van der Waals surface area contributed by atoms with Gasteiger partial charge in [0.15, 0.2) is 5.78 Å². The Kier molecular flexibility index (Phi) is 6.91. The molecular formula is C25H22F7NO3. The largest absolute Gasteiger partial charge is 0.416 e. The minimum atomic E-state index is -4.99. The maximum atomic E-state index is 13.5. The van der Waals surface area contributed by atoms with Crippen LogP contribution in [0.25, 0.3) is 0 Å². The normalized spacial score (nSPS) is 23.8. The van der Waals surface area contributed by atoms with Crippen LogP contribution in [-0.2, 0) is 21.9 Å². The monoisotopic (exact) mass is 517 g/mol. The molecule has 1 N–H and O–H groups in total. The van der Waals surface area contributed by atoms with Gasteiger partial charge in [-0.25, -0.2) is 4.39 Å². The number of hydrogen-bond donors (Lipinski definition) is 1. The lowest BCUT2D eigenvalue weighted by Gasteiger charge is -2.25. The Morgan fingerprint density at radius 1 is 0.972 bits per heavy atom. The molecule has 4 rings (SSSR count). The molecule has 2 aliphatic rings. The second-order valence-electron chi connectivity index (χ2n) is 8.97. The Labute approximate surface area is 202 Å². The van der Waals surface area contributed by atoms with Gasteiger partial charge in [-0.2, -0.15) is 26.3 Å². The van der Waals surface area contributed by atoms with Gasteiger partial charge >= 0.3 is 12.4 Å². The summed E-state index contributed by atoms with van der Waals surface area (Å²) in [6, 6.07) is 6.80. The Morgan fingerprint density at radius 3 is 2.06 bits per heavy atom. The number of alkyl halides is 6. The second kappa shape index (κ2) is 9.51. The van der Waals surface area contributed by atoms with Gasteiger partial charge in [0, 0.05) is 37.2 Å². The van der Waals surface area contributed by atoms with E-state index in [1.165, 1.54) is 37.3 Å². The maximum Gasteiger partial charge on any atom is 0.416 e. The highest BCUT2D eigenvalue weighted by Crippen LogP contribution is 2.40. The molecule has 1 aliphatic carbocycles. The molecule has 11 heteroatoms. The van der Waals surface area contributed by atoms with Gasteiger partial charge in [0.05, 0.1) is 23.3 Å². The molecule has 36 heavy (non-hydrogen) atoms. The molecule has 2 aromatic carbocycles. The first kappa shape index (κ1) is 26.2. The summed E-state index contributed by atoms with van der Waals surface area (Å²) >= 11 is 0. The zero-order valence-corrected chi connectivity index (χ0v) is 18.9. The van der Waals surface area contributed by atoms with Gasteiger partial charge in [0.25, 0.3) is 0 Å². The Balaban J connectivity index is 1.65. The van der Waals surface area contributed by atoms with Crippen LogP contribution in [-0.4, -0.2) is 41.1 Å². The summed E-state index contributed by atoms with van der Waals surface area (Å²) < 4.78 is 99.4. The number of nitrogens with zero attached hydrogens (tertiary/aromatic N) is 1. The third-order valence-electron chi connectivity index (χ3n) is 6.43. The number of likely N-dealkylation sites (tertiary alicyclic amines) is 1. The van der Waals surface area contributed by atoms with E-state index in [0.29, 0.717) is 23.4 Å². The van der Waals surface area contributed by atoms with Crippen LogP contribution in [0.1, 0.15) is 47.6 Å². The molecule has 0 radical (unpaired) electrons. The predicted octanol–water partition coefficient (Wildman–Crippen LogP) is 5.63. The fourth-order valence-electron chi connectivity index (χ4n) is 4.62. The number of carbonyl (C=O) groups excluding carboxylic acids is 1. The van der Waals surface area contributed by atoms with Crippen LogP contribution in [0.2, 0.25) is 0 Å². The summed E-state index contributed by atoms with van der Waals surface area (Å²) in [6.45, 7) is 1.72. The summed E-state index contributed by atoms with van der Waals surface area (Å²) in [7, 11) is 0. The molecule has 1 aliphatic heterocycles. The zero-order valence-electron chi connectivity index (χ0n) is 18.9. The first-order chi connectivity index (χ1) is 16.7. The molecule has 0 aromatic heterocycles. The molecule has 0 spiro atoms. The van der Waals surface area contributed by atoms with Crippen molar-refractivity contribution in [2.75, 3.05) is 13.1 Å². The third kappa shape index (κ3) is 5.57. The van der Waals surface area contributed by atoms with E-state index in [2.05, 4.69) is 0 Å². The summed E-state index contributed by atoms with van der Waals surface area (Å²) in [4.78, 5) is 13.5. The molecule has 1 fully saturated rings. The fraction of sp³-hybridized carbons (Fsp3) is 0.400. The van der Waals surface area contributed by atoms with Crippen LogP contribution in [0.15, 0.2) is 54.2 Å². The standard InChI is InChI=1S/C25H22F7NO3/c1-13(15-6-16(24(27,28)29)8-17(7-15)25(30,31)32)36-23-12-33(21-9-19(34)10-22(21)35)11-20(23)14-2-4-18(26)5-3-14/h2-9,13,20,22-23,35H,10-12H2,1H3/t13?,20-,22+,23+/m1/s1. The van der Waals surface area contributed by atoms with E-state index < -0.39 is 53.5 Å². The van der Waals surface area contributed by atoms with E-state index in [0.717, 1.165) is 0 Å². The van der Waals surface area contributed by atoms with E-state index in [4.69, 9.17) is 4.74 Å². The van der Waals surface area contributed by atoms with Crippen molar-refractivity contribution in [2.45, 2.75) is 49.9 Å². The minimum absolute atomic E-state index is 0.0554. The average molecular weight is 517 g/mol. The van der Waals surface area contributed by atoms with Crippen LogP contribution in [0.5, 0.6) is 0 Å². The third-order valence-corrected chi connectivity index (χ3v) is 6.43. The van der Waals surface area contributed by atoms with Crippen LogP contribution in [0.3, 0.4) is 0 Å². The van der Waals surface area contributed by atoms with Crippen LogP contribution in [0.4, 0.5) is 30.7 Å². The molecule has 0 saturated carbocycles. The minimum Gasteiger partial charge on any atom is -0.386 e. The SMILES string of the molecule is CC(O[C@H]1CN(C2=CC(=O)C[C@@H]2O)C[C@@H]1c1ccc(F)cc1)c1cc(C(F)(F)F)cc(C(F)(F)F)c1. The van der Waals surface area contributed by atoms with Crippen molar-refractivity contribution >= 4 is 5.78 Å². The highest BCUT2D eigenvalue weighted by molar-refractivity contribution is 5.93. The van der Waals surface area contributed by atoms with E-state index in [-0.39, 0.29) is 36.9 Å². The lowest BCUT2D eigenvalue weighted by Crippen LogP contribution is -2.28. The van der Waals surface area contributed by atoms with Gasteiger partial charge in [-0.05, 0) is 48.4 Å². The number of allylic oxidation sites excluding steroid dienone is 1. The zero-order chi connectivity index (χ0) is 26.4. The van der Waals surface area contributed by atoms with Crippen LogP contribution >= 0.6 is 0 Å². The molecule has 0 amide bonds. The molecule has 4 nitrogen and oxygen atoms in total. The van der Waals surface area contributed by atoms with Crippen molar-refractivity contribution in [1.29, 1.82) is 0 Å². The van der Waals surface area contributed by atoms with E-state index >= 15 is 0 Å². The number of hydrogen-bond acceptors (Lipinski definition) is 4. The topological polar surface area (TPSA) is 49.8 Å². The van der Waals surface area contributed by atoms with Gasteiger partial charge < -0.3 is 14.7 Å². The number of ether oxygens (including phenoxy) is 1. The number of aliphatic hydroxyl groups excluding tert-OH is 1.